The summed E-state index contributed by atoms with van der Waals surface area (Å²) in [6.07, 6.45) is 2.60. The van der Waals surface area contributed by atoms with Gasteiger partial charge < -0.3 is 14.7 Å². The fourth-order valence-electron chi connectivity index (χ4n) is 4.78. The highest BCUT2D eigenvalue weighted by molar-refractivity contribution is 7.89. The van der Waals surface area contributed by atoms with Crippen molar-refractivity contribution in [2.45, 2.75) is 37.1 Å². The van der Waals surface area contributed by atoms with E-state index in [1.165, 1.54) is 32.0 Å². The molecule has 0 radical (unpaired) electrons. The molecule has 0 aromatic heterocycles. The standard InChI is InChI=1S/C22H31N5O5S/c1-16(28)24-10-12-25(13-11-24)21(29)15-27-20-14-17(33(31,32)23(2)3)7-8-18(20)26-9-5-4-6-19(26)22(27)30/h7-8,14,19H,4-6,9-13,15H2,1-3H3. The van der Waals surface area contributed by atoms with Crippen LogP contribution in [-0.4, -0.2) is 99.7 Å². The predicted molar refractivity (Wildman–Crippen MR) is 123 cm³/mol. The number of nitrogens with zero attached hydrogens (tertiary/aromatic N) is 5. The molecule has 1 unspecified atom stereocenters. The Hall–Kier alpha value is -2.66. The van der Waals surface area contributed by atoms with Crippen LogP contribution in [0.4, 0.5) is 11.4 Å². The van der Waals surface area contributed by atoms with Gasteiger partial charge in [-0.1, -0.05) is 0 Å². The van der Waals surface area contributed by atoms with Crippen molar-refractivity contribution in [2.24, 2.45) is 0 Å². The molecule has 0 bridgehead atoms. The van der Waals surface area contributed by atoms with Crippen molar-refractivity contribution in [3.8, 4) is 0 Å². The summed E-state index contributed by atoms with van der Waals surface area (Å²) < 4.78 is 26.6. The van der Waals surface area contributed by atoms with Crippen molar-refractivity contribution in [1.29, 1.82) is 0 Å². The van der Waals surface area contributed by atoms with Crippen LogP contribution in [0.3, 0.4) is 0 Å². The molecule has 3 aliphatic rings. The molecule has 4 rings (SSSR count). The number of amides is 3. The molecule has 33 heavy (non-hydrogen) atoms. The second-order valence-electron chi connectivity index (χ2n) is 8.95. The molecule has 0 saturated carbocycles. The molecule has 10 nitrogen and oxygen atoms in total. The Kier molecular flexibility index (Phi) is 6.37. The molecular formula is C22H31N5O5S. The molecule has 3 aliphatic heterocycles. The van der Waals surface area contributed by atoms with Gasteiger partial charge in [0.1, 0.15) is 12.6 Å². The summed E-state index contributed by atoms with van der Waals surface area (Å²) >= 11 is 0. The van der Waals surface area contributed by atoms with Crippen LogP contribution in [0.15, 0.2) is 23.1 Å². The van der Waals surface area contributed by atoms with Gasteiger partial charge >= 0.3 is 0 Å². The minimum absolute atomic E-state index is 0.0192. The highest BCUT2D eigenvalue weighted by atomic mass is 32.2. The Labute approximate surface area is 194 Å². The zero-order valence-electron chi connectivity index (χ0n) is 19.4. The maximum Gasteiger partial charge on any atom is 0.250 e. The molecule has 3 heterocycles. The van der Waals surface area contributed by atoms with E-state index in [1.807, 2.05) is 4.90 Å². The lowest BCUT2D eigenvalue weighted by Crippen LogP contribution is -2.58. The topological polar surface area (TPSA) is 102 Å². The van der Waals surface area contributed by atoms with Gasteiger partial charge in [-0.2, -0.15) is 0 Å². The van der Waals surface area contributed by atoms with E-state index in [0.29, 0.717) is 38.3 Å². The molecule has 1 atom stereocenters. The zero-order valence-corrected chi connectivity index (χ0v) is 20.2. The van der Waals surface area contributed by atoms with E-state index in [9.17, 15) is 22.8 Å². The predicted octanol–water partition coefficient (Wildman–Crippen LogP) is 0.333. The van der Waals surface area contributed by atoms with Gasteiger partial charge in [-0.25, -0.2) is 12.7 Å². The number of fused-ring (bicyclic) bond motifs is 3. The van der Waals surface area contributed by atoms with Gasteiger partial charge in [-0.15, -0.1) is 0 Å². The summed E-state index contributed by atoms with van der Waals surface area (Å²) in [5.74, 6) is -0.394. The van der Waals surface area contributed by atoms with Crippen LogP contribution >= 0.6 is 0 Å². The molecular weight excluding hydrogens is 446 g/mol. The van der Waals surface area contributed by atoms with E-state index in [1.54, 1.807) is 21.9 Å². The van der Waals surface area contributed by atoms with Gasteiger partial charge in [0.05, 0.1) is 16.3 Å². The van der Waals surface area contributed by atoms with Crippen molar-refractivity contribution >= 4 is 39.1 Å². The minimum atomic E-state index is -3.70. The highest BCUT2D eigenvalue weighted by Gasteiger charge is 2.41. The largest absolute Gasteiger partial charge is 0.358 e. The number of piperazine rings is 1. The number of hydrogen-bond donors (Lipinski definition) is 0. The number of carbonyl (C=O) groups excluding carboxylic acids is 3. The first-order chi connectivity index (χ1) is 15.6. The van der Waals surface area contributed by atoms with Crippen LogP contribution in [-0.2, 0) is 24.4 Å². The van der Waals surface area contributed by atoms with Crippen LogP contribution in [0.25, 0.3) is 0 Å². The molecule has 1 aromatic carbocycles. The average molecular weight is 478 g/mol. The lowest BCUT2D eigenvalue weighted by molar-refractivity contribution is -0.138. The molecule has 3 amide bonds. The van der Waals surface area contributed by atoms with Gasteiger partial charge in [0, 0.05) is 53.7 Å². The normalized spacial score (nSPS) is 21.2. The van der Waals surface area contributed by atoms with Crippen LogP contribution < -0.4 is 9.80 Å². The third kappa shape index (κ3) is 4.31. The monoisotopic (exact) mass is 477 g/mol. The Bertz CT molecular complexity index is 1060. The summed E-state index contributed by atoms with van der Waals surface area (Å²) in [6, 6.07) is 4.48. The Balaban J connectivity index is 1.65. The van der Waals surface area contributed by atoms with Crippen molar-refractivity contribution in [2.75, 3.05) is 63.2 Å². The number of anilines is 2. The second kappa shape index (κ2) is 8.94. The molecule has 2 fully saturated rings. The van der Waals surface area contributed by atoms with Gasteiger partial charge in [-0.05, 0) is 37.5 Å². The van der Waals surface area contributed by atoms with Crippen molar-refractivity contribution in [3.63, 3.8) is 0 Å². The third-order valence-corrected chi connectivity index (χ3v) is 8.56. The first-order valence-corrected chi connectivity index (χ1v) is 12.7. The molecule has 0 spiro atoms. The van der Waals surface area contributed by atoms with E-state index in [2.05, 4.69) is 0 Å². The van der Waals surface area contributed by atoms with E-state index < -0.39 is 10.0 Å². The molecule has 0 aliphatic carbocycles. The molecule has 11 heteroatoms. The lowest BCUT2D eigenvalue weighted by Gasteiger charge is -2.45. The first-order valence-electron chi connectivity index (χ1n) is 11.3. The first kappa shape index (κ1) is 23.5. The third-order valence-electron chi connectivity index (χ3n) is 6.75. The molecule has 2 saturated heterocycles. The van der Waals surface area contributed by atoms with Gasteiger partial charge in [0.25, 0.3) is 0 Å². The summed E-state index contributed by atoms with van der Waals surface area (Å²) in [6.45, 7) is 3.84. The fourth-order valence-corrected chi connectivity index (χ4v) is 5.70. The van der Waals surface area contributed by atoms with Crippen LogP contribution in [0.5, 0.6) is 0 Å². The van der Waals surface area contributed by atoms with Gasteiger partial charge in [0.2, 0.25) is 27.7 Å². The number of hydrogen-bond acceptors (Lipinski definition) is 6. The van der Waals surface area contributed by atoms with Crippen LogP contribution in [0, 0.1) is 0 Å². The van der Waals surface area contributed by atoms with Crippen molar-refractivity contribution in [3.05, 3.63) is 18.2 Å². The number of benzene rings is 1. The van der Waals surface area contributed by atoms with Crippen LogP contribution in [0.1, 0.15) is 26.2 Å². The smallest absolute Gasteiger partial charge is 0.250 e. The Morgan fingerprint density at radius 3 is 2.30 bits per heavy atom. The number of carbonyl (C=O) groups is 3. The van der Waals surface area contributed by atoms with E-state index >= 15 is 0 Å². The summed E-state index contributed by atoms with van der Waals surface area (Å²) in [5.41, 5.74) is 1.24. The maximum absolute atomic E-state index is 13.5. The molecule has 0 N–H and O–H groups in total. The minimum Gasteiger partial charge on any atom is -0.358 e. The van der Waals surface area contributed by atoms with E-state index in [-0.39, 0.29) is 35.2 Å². The average Bonchev–Trinajstić information content (AvgIpc) is 2.81. The highest BCUT2D eigenvalue weighted by Crippen LogP contribution is 2.41. The van der Waals surface area contributed by atoms with Crippen molar-refractivity contribution < 1.29 is 22.8 Å². The number of sulfonamides is 1. The second-order valence-corrected chi connectivity index (χ2v) is 11.1. The number of rotatable bonds is 4. The van der Waals surface area contributed by atoms with Crippen LogP contribution in [0.2, 0.25) is 0 Å². The van der Waals surface area contributed by atoms with Gasteiger partial charge in [0.15, 0.2) is 0 Å². The zero-order chi connectivity index (χ0) is 23.9. The Morgan fingerprint density at radius 2 is 1.67 bits per heavy atom. The van der Waals surface area contributed by atoms with Gasteiger partial charge in [-0.3, -0.25) is 19.3 Å². The summed E-state index contributed by atoms with van der Waals surface area (Å²) in [4.78, 5) is 45.1. The Morgan fingerprint density at radius 1 is 1.00 bits per heavy atom. The molecule has 180 valence electrons. The van der Waals surface area contributed by atoms with E-state index in [4.69, 9.17) is 0 Å². The lowest BCUT2D eigenvalue weighted by atomic mass is 9.96. The number of piperidine rings is 1. The fraction of sp³-hybridized carbons (Fsp3) is 0.591. The maximum atomic E-state index is 13.5. The SMILES string of the molecule is CC(=O)N1CCN(C(=O)CN2C(=O)C3CCCCN3c3ccc(S(=O)(=O)N(C)C)cc32)CC1. The summed E-state index contributed by atoms with van der Waals surface area (Å²) in [5, 5.41) is 0. The molecule has 1 aromatic rings. The summed E-state index contributed by atoms with van der Waals surface area (Å²) in [7, 11) is -0.778. The quantitative estimate of drug-likeness (QED) is 0.620. The van der Waals surface area contributed by atoms with Crippen molar-refractivity contribution in [1.82, 2.24) is 14.1 Å². The van der Waals surface area contributed by atoms with E-state index in [0.717, 1.165) is 29.4 Å².